The summed E-state index contributed by atoms with van der Waals surface area (Å²) in [5, 5.41) is 0. The van der Waals surface area contributed by atoms with E-state index >= 15 is 0 Å². The van der Waals surface area contributed by atoms with E-state index in [9.17, 15) is 0 Å². The summed E-state index contributed by atoms with van der Waals surface area (Å²) in [6.45, 7) is 4.24. The first-order chi connectivity index (χ1) is 6.26. The van der Waals surface area contributed by atoms with Crippen molar-refractivity contribution >= 4 is 0 Å². The Hall–Kier alpha value is -1.22. The van der Waals surface area contributed by atoms with E-state index in [0.29, 0.717) is 5.92 Å². The summed E-state index contributed by atoms with van der Waals surface area (Å²) in [6, 6.07) is 8.60. The van der Waals surface area contributed by atoms with Gasteiger partial charge in [-0.3, -0.25) is 0 Å². The number of terminal acetylenes is 1. The van der Waals surface area contributed by atoms with Crippen LogP contribution < -0.4 is 0 Å². The van der Waals surface area contributed by atoms with Gasteiger partial charge in [0.2, 0.25) is 0 Å². The van der Waals surface area contributed by atoms with Crippen LogP contribution in [0.25, 0.3) is 0 Å². The molecule has 1 aromatic rings. The van der Waals surface area contributed by atoms with Crippen LogP contribution in [0.2, 0.25) is 0 Å². The van der Waals surface area contributed by atoms with Crippen molar-refractivity contribution in [1.29, 1.82) is 0 Å². The number of hydrogen-bond acceptors (Lipinski definition) is 0. The maximum atomic E-state index is 5.41. The Morgan fingerprint density at radius 1 is 1.31 bits per heavy atom. The predicted octanol–water partition coefficient (Wildman–Crippen LogP) is 3.20. The first kappa shape index (κ1) is 9.86. The second-order valence-electron chi connectivity index (χ2n) is 3.46. The molecule has 0 radical (unpaired) electrons. The van der Waals surface area contributed by atoms with Crippen LogP contribution in [-0.2, 0) is 6.42 Å². The lowest BCUT2D eigenvalue weighted by molar-refractivity contribution is 0.647. The molecule has 0 aromatic heterocycles. The Bertz CT molecular complexity index is 287. The monoisotopic (exact) mass is 172 g/mol. The Kier molecular flexibility index (Phi) is 3.58. The second kappa shape index (κ2) is 4.72. The Balaban J connectivity index is 2.64. The highest BCUT2D eigenvalue weighted by Crippen LogP contribution is 2.11. The molecule has 0 amide bonds. The molecule has 0 aliphatic heterocycles. The Morgan fingerprint density at radius 2 is 1.92 bits per heavy atom. The Morgan fingerprint density at radius 3 is 2.38 bits per heavy atom. The minimum absolute atomic E-state index is 0.391. The van der Waals surface area contributed by atoms with E-state index in [2.05, 4.69) is 44.0 Å². The minimum atomic E-state index is 0.391. The standard InChI is InChI=1S/C13H16/c1-4-12(5-2)10-13-8-6-11(3)7-9-13/h1,6-9,12H,5,10H2,2-3H3. The molecule has 0 nitrogen and oxygen atoms in total. The van der Waals surface area contributed by atoms with Gasteiger partial charge in [-0.1, -0.05) is 36.8 Å². The van der Waals surface area contributed by atoms with Gasteiger partial charge in [-0.2, -0.15) is 0 Å². The maximum Gasteiger partial charge on any atom is 0.0238 e. The van der Waals surface area contributed by atoms with E-state index in [1.807, 2.05) is 0 Å². The molecular formula is C13H16. The van der Waals surface area contributed by atoms with Gasteiger partial charge in [0.1, 0.15) is 0 Å². The summed E-state index contributed by atoms with van der Waals surface area (Å²) >= 11 is 0. The van der Waals surface area contributed by atoms with Crippen molar-refractivity contribution in [1.82, 2.24) is 0 Å². The molecule has 0 spiro atoms. The summed E-state index contributed by atoms with van der Waals surface area (Å²) in [4.78, 5) is 0. The van der Waals surface area contributed by atoms with Crippen LogP contribution in [0.5, 0.6) is 0 Å². The number of aryl methyl sites for hydroxylation is 1. The van der Waals surface area contributed by atoms with Crippen molar-refractivity contribution in [2.45, 2.75) is 26.7 Å². The van der Waals surface area contributed by atoms with E-state index < -0.39 is 0 Å². The summed E-state index contributed by atoms with van der Waals surface area (Å²) in [5.41, 5.74) is 2.65. The van der Waals surface area contributed by atoms with Gasteiger partial charge in [-0.15, -0.1) is 12.3 Å². The molecule has 0 saturated heterocycles. The molecule has 0 N–H and O–H groups in total. The highest BCUT2D eigenvalue weighted by atomic mass is 14.1. The van der Waals surface area contributed by atoms with Crippen LogP contribution in [0.1, 0.15) is 24.5 Å². The van der Waals surface area contributed by atoms with Gasteiger partial charge in [-0.25, -0.2) is 0 Å². The van der Waals surface area contributed by atoms with E-state index in [4.69, 9.17) is 6.42 Å². The van der Waals surface area contributed by atoms with Crippen LogP contribution in [0.15, 0.2) is 24.3 Å². The quantitative estimate of drug-likeness (QED) is 0.614. The fourth-order valence-corrected chi connectivity index (χ4v) is 1.33. The van der Waals surface area contributed by atoms with Crippen molar-refractivity contribution in [2.75, 3.05) is 0 Å². The lowest BCUT2D eigenvalue weighted by Crippen LogP contribution is -1.99. The van der Waals surface area contributed by atoms with Crippen LogP contribution in [0, 0.1) is 25.2 Å². The van der Waals surface area contributed by atoms with Crippen LogP contribution in [0.4, 0.5) is 0 Å². The number of rotatable bonds is 3. The van der Waals surface area contributed by atoms with Crippen molar-refractivity contribution in [3.05, 3.63) is 35.4 Å². The minimum Gasteiger partial charge on any atom is -0.120 e. The molecule has 0 heteroatoms. The van der Waals surface area contributed by atoms with Crippen molar-refractivity contribution in [3.63, 3.8) is 0 Å². The molecule has 0 heterocycles. The molecule has 0 bridgehead atoms. The van der Waals surface area contributed by atoms with Gasteiger partial charge in [0.25, 0.3) is 0 Å². The summed E-state index contributed by atoms with van der Waals surface area (Å²) in [5.74, 6) is 3.21. The van der Waals surface area contributed by atoms with Crippen LogP contribution >= 0.6 is 0 Å². The SMILES string of the molecule is C#CC(CC)Cc1ccc(C)cc1. The van der Waals surface area contributed by atoms with Gasteiger partial charge < -0.3 is 0 Å². The van der Waals surface area contributed by atoms with Gasteiger partial charge in [-0.05, 0) is 25.3 Å². The van der Waals surface area contributed by atoms with Gasteiger partial charge >= 0.3 is 0 Å². The first-order valence-corrected chi connectivity index (χ1v) is 4.78. The van der Waals surface area contributed by atoms with Gasteiger partial charge in [0, 0.05) is 5.92 Å². The molecule has 0 aliphatic carbocycles. The smallest absolute Gasteiger partial charge is 0.0238 e. The fraction of sp³-hybridized carbons (Fsp3) is 0.385. The summed E-state index contributed by atoms with van der Waals surface area (Å²) in [7, 11) is 0. The third-order valence-electron chi connectivity index (χ3n) is 2.33. The highest BCUT2D eigenvalue weighted by Gasteiger charge is 2.02. The molecule has 13 heavy (non-hydrogen) atoms. The molecule has 68 valence electrons. The lowest BCUT2D eigenvalue weighted by atomic mass is 9.97. The van der Waals surface area contributed by atoms with E-state index in [1.54, 1.807) is 0 Å². The average Bonchev–Trinajstić information content (AvgIpc) is 2.17. The largest absolute Gasteiger partial charge is 0.120 e. The van der Waals surface area contributed by atoms with E-state index in [0.717, 1.165) is 12.8 Å². The summed E-state index contributed by atoms with van der Waals surface area (Å²) in [6.07, 6.45) is 7.48. The van der Waals surface area contributed by atoms with Crippen molar-refractivity contribution in [2.24, 2.45) is 5.92 Å². The molecule has 0 fully saturated rings. The zero-order chi connectivity index (χ0) is 9.68. The normalized spacial score (nSPS) is 12.1. The fourth-order valence-electron chi connectivity index (χ4n) is 1.33. The average molecular weight is 172 g/mol. The molecule has 1 rings (SSSR count). The highest BCUT2D eigenvalue weighted by molar-refractivity contribution is 5.22. The number of benzene rings is 1. The van der Waals surface area contributed by atoms with Gasteiger partial charge in [0.05, 0.1) is 0 Å². The molecule has 1 unspecified atom stereocenters. The Labute approximate surface area is 81.0 Å². The van der Waals surface area contributed by atoms with Crippen molar-refractivity contribution in [3.8, 4) is 12.3 Å². The van der Waals surface area contributed by atoms with E-state index in [1.165, 1.54) is 11.1 Å². The zero-order valence-electron chi connectivity index (χ0n) is 8.38. The van der Waals surface area contributed by atoms with Crippen molar-refractivity contribution < 1.29 is 0 Å². The molecule has 1 aromatic carbocycles. The first-order valence-electron chi connectivity index (χ1n) is 4.78. The summed E-state index contributed by atoms with van der Waals surface area (Å²) < 4.78 is 0. The van der Waals surface area contributed by atoms with Crippen LogP contribution in [0.3, 0.4) is 0 Å². The zero-order valence-corrected chi connectivity index (χ0v) is 8.38. The van der Waals surface area contributed by atoms with E-state index in [-0.39, 0.29) is 0 Å². The van der Waals surface area contributed by atoms with Crippen LogP contribution in [-0.4, -0.2) is 0 Å². The molecular weight excluding hydrogens is 156 g/mol. The second-order valence-corrected chi connectivity index (χ2v) is 3.46. The third-order valence-corrected chi connectivity index (χ3v) is 2.33. The maximum absolute atomic E-state index is 5.41. The third kappa shape index (κ3) is 2.95. The van der Waals surface area contributed by atoms with Gasteiger partial charge in [0.15, 0.2) is 0 Å². The molecule has 1 atom stereocenters. The molecule has 0 aliphatic rings. The topological polar surface area (TPSA) is 0 Å². The lowest BCUT2D eigenvalue weighted by Gasteiger charge is -2.07. The molecule has 0 saturated carbocycles. The predicted molar refractivity (Wildman–Crippen MR) is 57.5 cm³/mol. The number of hydrogen-bond donors (Lipinski definition) is 0.